The second kappa shape index (κ2) is 8.38. The summed E-state index contributed by atoms with van der Waals surface area (Å²) in [5, 5.41) is 0.914. The predicted molar refractivity (Wildman–Crippen MR) is 110 cm³/mol. The topological polar surface area (TPSA) is 58.4 Å². The third-order valence-electron chi connectivity index (χ3n) is 4.15. The van der Waals surface area contributed by atoms with Crippen molar-refractivity contribution in [2.45, 2.75) is 6.92 Å². The van der Waals surface area contributed by atoms with Gasteiger partial charge in [-0.1, -0.05) is 48.5 Å². The van der Waals surface area contributed by atoms with Crippen molar-refractivity contribution in [3.8, 4) is 22.9 Å². The lowest BCUT2D eigenvalue weighted by Crippen LogP contribution is -2.02. The van der Waals surface area contributed by atoms with E-state index in [0.29, 0.717) is 18.2 Å². The Morgan fingerprint density at radius 2 is 1.64 bits per heavy atom. The van der Waals surface area contributed by atoms with Crippen LogP contribution in [0.3, 0.4) is 0 Å². The zero-order chi connectivity index (χ0) is 19.3. The highest BCUT2D eigenvalue weighted by Gasteiger charge is 2.21. The van der Waals surface area contributed by atoms with Gasteiger partial charge < -0.3 is 9.05 Å². The molecule has 0 fully saturated rings. The van der Waals surface area contributed by atoms with Gasteiger partial charge in [-0.15, -0.1) is 0 Å². The van der Waals surface area contributed by atoms with Gasteiger partial charge in [-0.05, 0) is 19.1 Å². The molecule has 0 aliphatic heterocycles. The molecule has 0 saturated carbocycles. The summed E-state index contributed by atoms with van der Waals surface area (Å²) in [7, 11) is 0.305. The van der Waals surface area contributed by atoms with Gasteiger partial charge in [-0.25, -0.2) is 9.97 Å². The van der Waals surface area contributed by atoms with E-state index in [9.17, 15) is 0 Å². The zero-order valence-corrected chi connectivity index (χ0v) is 16.5. The Labute approximate surface area is 164 Å². The molecule has 142 valence electrons. The minimum Gasteiger partial charge on any atom is -0.418 e. The van der Waals surface area contributed by atoms with Crippen LogP contribution >= 0.6 is 8.60 Å². The zero-order valence-electron chi connectivity index (χ0n) is 15.6. The van der Waals surface area contributed by atoms with Crippen molar-refractivity contribution in [2.75, 3.05) is 6.61 Å². The van der Waals surface area contributed by atoms with Gasteiger partial charge in [0.15, 0.2) is 0 Å². The predicted octanol–water partition coefficient (Wildman–Crippen LogP) is 5.36. The molecule has 1 unspecified atom stereocenters. The Morgan fingerprint density at radius 1 is 0.929 bits per heavy atom. The molecule has 0 N–H and O–H groups in total. The van der Waals surface area contributed by atoms with E-state index in [1.165, 1.54) is 0 Å². The third kappa shape index (κ3) is 3.84. The molecule has 0 saturated heterocycles. The van der Waals surface area contributed by atoms with Crippen molar-refractivity contribution in [3.63, 3.8) is 0 Å². The molecule has 0 aliphatic rings. The molecule has 4 aromatic rings. The molecule has 7 heteroatoms. The van der Waals surface area contributed by atoms with Crippen LogP contribution in [0.4, 0.5) is 0 Å². The fraction of sp³-hybridized carbons (Fsp3) is 0.143. The standard InChI is InChI=1S/C21H20N3O3P/c1-3-25-28(26-17-12-8-5-9-13-17)27-19-14-18-20(16-10-6-4-7-11-16)22-15-23-21(18)24(19)2/h4-15H,3H2,1-2H3. The van der Waals surface area contributed by atoms with Gasteiger partial charge in [0.05, 0.1) is 12.3 Å². The van der Waals surface area contributed by atoms with Gasteiger partial charge in [0.2, 0.25) is 5.88 Å². The molecule has 0 bridgehead atoms. The molecule has 2 aromatic carbocycles. The third-order valence-corrected chi connectivity index (χ3v) is 5.32. The van der Waals surface area contributed by atoms with E-state index >= 15 is 0 Å². The molecular formula is C21H20N3O3P. The Morgan fingerprint density at radius 3 is 2.36 bits per heavy atom. The van der Waals surface area contributed by atoms with Gasteiger partial charge in [-0.2, -0.15) is 0 Å². The minimum atomic E-state index is -1.60. The van der Waals surface area contributed by atoms with Crippen LogP contribution in [0.5, 0.6) is 11.6 Å². The van der Waals surface area contributed by atoms with Crippen LogP contribution in [0.2, 0.25) is 0 Å². The first-order chi connectivity index (χ1) is 13.8. The first kappa shape index (κ1) is 18.4. The summed E-state index contributed by atoms with van der Waals surface area (Å²) in [5.41, 5.74) is 2.68. The Kier molecular flexibility index (Phi) is 5.51. The lowest BCUT2D eigenvalue weighted by Gasteiger charge is -2.16. The maximum atomic E-state index is 6.08. The quantitative estimate of drug-likeness (QED) is 0.396. The number of fused-ring (bicyclic) bond motifs is 1. The van der Waals surface area contributed by atoms with E-state index in [1.807, 2.05) is 85.3 Å². The van der Waals surface area contributed by atoms with Gasteiger partial charge >= 0.3 is 8.60 Å². The highest BCUT2D eigenvalue weighted by atomic mass is 31.2. The molecule has 0 spiro atoms. The molecule has 6 nitrogen and oxygen atoms in total. The van der Waals surface area contributed by atoms with Gasteiger partial charge in [0.25, 0.3) is 0 Å². The molecule has 0 amide bonds. The largest absolute Gasteiger partial charge is 0.464 e. The average molecular weight is 393 g/mol. The number of aryl methyl sites for hydroxylation is 1. The van der Waals surface area contributed by atoms with Crippen LogP contribution in [0.1, 0.15) is 6.92 Å². The molecule has 4 rings (SSSR count). The molecule has 28 heavy (non-hydrogen) atoms. The lowest BCUT2D eigenvalue weighted by molar-refractivity contribution is 0.275. The van der Waals surface area contributed by atoms with Crippen molar-refractivity contribution in [3.05, 3.63) is 73.1 Å². The summed E-state index contributed by atoms with van der Waals surface area (Å²) in [6, 6.07) is 21.5. The fourth-order valence-corrected chi connectivity index (χ4v) is 3.82. The molecule has 2 aromatic heterocycles. The smallest absolute Gasteiger partial charge is 0.418 e. The van der Waals surface area contributed by atoms with Gasteiger partial charge in [0, 0.05) is 24.1 Å². The number of hydrogen-bond acceptors (Lipinski definition) is 5. The number of aromatic nitrogens is 3. The van der Waals surface area contributed by atoms with Crippen molar-refractivity contribution in [2.24, 2.45) is 7.05 Å². The van der Waals surface area contributed by atoms with E-state index < -0.39 is 8.60 Å². The first-order valence-electron chi connectivity index (χ1n) is 8.96. The monoisotopic (exact) mass is 393 g/mol. The fourth-order valence-electron chi connectivity index (χ4n) is 2.85. The highest BCUT2D eigenvalue weighted by Crippen LogP contribution is 2.43. The summed E-state index contributed by atoms with van der Waals surface area (Å²) in [4.78, 5) is 8.90. The van der Waals surface area contributed by atoms with E-state index in [2.05, 4.69) is 9.97 Å². The van der Waals surface area contributed by atoms with Crippen LogP contribution < -0.4 is 9.05 Å². The molecule has 0 aliphatic carbocycles. The van der Waals surface area contributed by atoms with Crippen LogP contribution in [0.25, 0.3) is 22.3 Å². The Hall–Kier alpha value is -2.95. The van der Waals surface area contributed by atoms with Crippen LogP contribution in [-0.4, -0.2) is 21.1 Å². The second-order valence-electron chi connectivity index (χ2n) is 6.00. The number of rotatable bonds is 7. The molecule has 0 radical (unpaired) electrons. The van der Waals surface area contributed by atoms with Crippen LogP contribution in [0.15, 0.2) is 73.1 Å². The van der Waals surface area contributed by atoms with E-state index in [-0.39, 0.29) is 0 Å². The summed E-state index contributed by atoms with van der Waals surface area (Å²) < 4.78 is 19.5. The normalized spacial score (nSPS) is 12.1. The SMILES string of the molecule is CCOP(Oc1ccccc1)Oc1cc2c(-c3ccccc3)ncnc2n1C. The molecule has 1 atom stereocenters. The van der Waals surface area contributed by atoms with Crippen molar-refractivity contribution >= 4 is 19.6 Å². The maximum absolute atomic E-state index is 6.08. The number of benzene rings is 2. The van der Waals surface area contributed by atoms with Crippen LogP contribution in [-0.2, 0) is 11.6 Å². The average Bonchev–Trinajstić information content (AvgIpc) is 3.05. The maximum Gasteiger partial charge on any atom is 0.464 e. The van der Waals surface area contributed by atoms with Gasteiger partial charge in [-0.3, -0.25) is 9.09 Å². The minimum absolute atomic E-state index is 0.484. The summed E-state index contributed by atoms with van der Waals surface area (Å²) in [6.07, 6.45) is 1.57. The number of hydrogen-bond donors (Lipinski definition) is 0. The van der Waals surface area contributed by atoms with E-state index in [1.54, 1.807) is 6.33 Å². The lowest BCUT2D eigenvalue weighted by atomic mass is 10.1. The second-order valence-corrected chi connectivity index (χ2v) is 7.07. The number of para-hydroxylation sites is 1. The summed E-state index contributed by atoms with van der Waals surface area (Å²) in [5.74, 6) is 1.31. The Balaban J connectivity index is 1.67. The van der Waals surface area contributed by atoms with Crippen LogP contribution in [0, 0.1) is 0 Å². The van der Waals surface area contributed by atoms with Crippen molar-refractivity contribution < 1.29 is 13.6 Å². The van der Waals surface area contributed by atoms with Crippen molar-refractivity contribution in [1.29, 1.82) is 0 Å². The number of nitrogens with zero attached hydrogens (tertiary/aromatic N) is 3. The van der Waals surface area contributed by atoms with Gasteiger partial charge in [0.1, 0.15) is 17.7 Å². The van der Waals surface area contributed by atoms with Crippen molar-refractivity contribution in [1.82, 2.24) is 14.5 Å². The summed E-state index contributed by atoms with van der Waals surface area (Å²) in [6.45, 7) is 2.39. The highest BCUT2D eigenvalue weighted by molar-refractivity contribution is 7.42. The van der Waals surface area contributed by atoms with E-state index in [0.717, 1.165) is 22.3 Å². The summed E-state index contributed by atoms with van der Waals surface area (Å²) >= 11 is 0. The van der Waals surface area contributed by atoms with E-state index in [4.69, 9.17) is 13.6 Å². The first-order valence-corrected chi connectivity index (χ1v) is 10.1. The molecule has 2 heterocycles. The Bertz CT molecular complexity index is 1050. The molecular weight excluding hydrogens is 373 g/mol.